The standard InChI is InChI=1S/C19H18F2N4/c20-15-8-7-13(10-16(15)21)11-23-17-4-3-5-18-14(17)12-24-25(18)19-6-1-2-9-22-19/h1-2,6-10,12,17,23H,3-5,11H2. The molecule has 3 aromatic rings. The van der Waals surface area contributed by atoms with E-state index in [0.29, 0.717) is 6.54 Å². The summed E-state index contributed by atoms with van der Waals surface area (Å²) in [6.45, 7) is 0.482. The molecule has 0 spiro atoms. The molecule has 2 aromatic heterocycles. The van der Waals surface area contributed by atoms with Crippen molar-refractivity contribution in [3.05, 3.63) is 77.2 Å². The molecule has 1 aromatic carbocycles. The second-order valence-corrected chi connectivity index (χ2v) is 6.22. The minimum absolute atomic E-state index is 0.148. The number of hydrogen-bond donors (Lipinski definition) is 1. The second kappa shape index (κ2) is 6.72. The number of pyridine rings is 1. The van der Waals surface area contributed by atoms with E-state index in [-0.39, 0.29) is 6.04 Å². The topological polar surface area (TPSA) is 42.7 Å². The Morgan fingerprint density at radius 3 is 2.88 bits per heavy atom. The highest BCUT2D eigenvalue weighted by Crippen LogP contribution is 2.31. The Labute approximate surface area is 144 Å². The zero-order chi connectivity index (χ0) is 17.2. The highest BCUT2D eigenvalue weighted by Gasteiger charge is 2.24. The predicted octanol–water partition coefficient (Wildman–Crippen LogP) is 3.71. The lowest BCUT2D eigenvalue weighted by Crippen LogP contribution is -2.25. The molecule has 0 fully saturated rings. The maximum absolute atomic E-state index is 13.4. The lowest BCUT2D eigenvalue weighted by Gasteiger charge is -2.24. The van der Waals surface area contributed by atoms with Crippen LogP contribution in [0.5, 0.6) is 0 Å². The van der Waals surface area contributed by atoms with Gasteiger partial charge in [0.15, 0.2) is 17.5 Å². The lowest BCUT2D eigenvalue weighted by molar-refractivity contribution is 0.452. The van der Waals surface area contributed by atoms with Crippen molar-refractivity contribution in [1.29, 1.82) is 0 Å². The minimum Gasteiger partial charge on any atom is -0.306 e. The molecule has 1 aliphatic carbocycles. The molecule has 0 radical (unpaired) electrons. The smallest absolute Gasteiger partial charge is 0.159 e. The Kier molecular flexibility index (Phi) is 4.28. The van der Waals surface area contributed by atoms with Crippen molar-refractivity contribution in [3.63, 3.8) is 0 Å². The summed E-state index contributed by atoms with van der Waals surface area (Å²) in [6, 6.07) is 9.91. The van der Waals surface area contributed by atoms with Gasteiger partial charge >= 0.3 is 0 Å². The van der Waals surface area contributed by atoms with Gasteiger partial charge < -0.3 is 5.32 Å². The summed E-state index contributed by atoms with van der Waals surface area (Å²) in [7, 11) is 0. The molecule has 6 heteroatoms. The van der Waals surface area contributed by atoms with E-state index < -0.39 is 11.6 Å². The van der Waals surface area contributed by atoms with E-state index in [1.807, 2.05) is 29.1 Å². The van der Waals surface area contributed by atoms with Crippen molar-refractivity contribution in [3.8, 4) is 5.82 Å². The number of nitrogens with zero attached hydrogens (tertiary/aromatic N) is 3. The molecule has 128 valence electrons. The van der Waals surface area contributed by atoms with E-state index in [4.69, 9.17) is 0 Å². The molecule has 0 bridgehead atoms. The SMILES string of the molecule is Fc1ccc(CNC2CCCc3c2cnn3-c2ccccn2)cc1F. The van der Waals surface area contributed by atoms with Gasteiger partial charge in [0.05, 0.1) is 11.9 Å². The van der Waals surface area contributed by atoms with Crippen LogP contribution in [0.3, 0.4) is 0 Å². The van der Waals surface area contributed by atoms with Crippen molar-refractivity contribution < 1.29 is 8.78 Å². The Morgan fingerprint density at radius 1 is 1.16 bits per heavy atom. The van der Waals surface area contributed by atoms with E-state index in [0.717, 1.165) is 48.0 Å². The quantitative estimate of drug-likeness (QED) is 0.787. The van der Waals surface area contributed by atoms with Crippen LogP contribution in [-0.2, 0) is 13.0 Å². The zero-order valence-corrected chi connectivity index (χ0v) is 13.6. The van der Waals surface area contributed by atoms with Crippen LogP contribution in [0.15, 0.2) is 48.8 Å². The molecule has 2 heterocycles. The monoisotopic (exact) mass is 340 g/mol. The second-order valence-electron chi connectivity index (χ2n) is 6.22. The van der Waals surface area contributed by atoms with Gasteiger partial charge in [0.2, 0.25) is 0 Å². The average Bonchev–Trinajstić information content (AvgIpc) is 3.08. The molecular formula is C19H18F2N4. The van der Waals surface area contributed by atoms with Crippen LogP contribution in [0.4, 0.5) is 8.78 Å². The highest BCUT2D eigenvalue weighted by molar-refractivity contribution is 5.32. The molecule has 0 aliphatic heterocycles. The number of halogens is 2. The van der Waals surface area contributed by atoms with Crippen LogP contribution in [0.2, 0.25) is 0 Å². The van der Waals surface area contributed by atoms with E-state index in [2.05, 4.69) is 15.4 Å². The lowest BCUT2D eigenvalue weighted by atomic mass is 9.92. The summed E-state index contributed by atoms with van der Waals surface area (Å²) in [5, 5.41) is 7.95. The summed E-state index contributed by atoms with van der Waals surface area (Å²) in [6.07, 6.45) is 6.62. The third-order valence-electron chi connectivity index (χ3n) is 4.59. The fraction of sp³-hybridized carbons (Fsp3) is 0.263. The minimum atomic E-state index is -0.819. The first-order valence-electron chi connectivity index (χ1n) is 8.38. The zero-order valence-electron chi connectivity index (χ0n) is 13.6. The van der Waals surface area contributed by atoms with Gasteiger partial charge in [-0.1, -0.05) is 12.1 Å². The first kappa shape index (κ1) is 15.9. The molecule has 4 nitrogen and oxygen atoms in total. The molecule has 25 heavy (non-hydrogen) atoms. The van der Waals surface area contributed by atoms with Gasteiger partial charge in [-0.3, -0.25) is 0 Å². The van der Waals surface area contributed by atoms with Crippen LogP contribution in [0, 0.1) is 11.6 Å². The van der Waals surface area contributed by atoms with Gasteiger partial charge in [-0.2, -0.15) is 5.10 Å². The molecular weight excluding hydrogens is 322 g/mol. The van der Waals surface area contributed by atoms with Crippen molar-refractivity contribution in [2.24, 2.45) is 0 Å². The van der Waals surface area contributed by atoms with Gasteiger partial charge in [0.25, 0.3) is 0 Å². The van der Waals surface area contributed by atoms with Gasteiger partial charge in [-0.05, 0) is 49.1 Å². The molecule has 4 rings (SSSR count). The summed E-state index contributed by atoms with van der Waals surface area (Å²) >= 11 is 0. The third kappa shape index (κ3) is 3.17. The van der Waals surface area contributed by atoms with Crippen LogP contribution < -0.4 is 5.32 Å². The Balaban J connectivity index is 1.54. The summed E-state index contributed by atoms with van der Waals surface area (Å²) in [5.74, 6) is -0.822. The van der Waals surface area contributed by atoms with Crippen LogP contribution >= 0.6 is 0 Å². The largest absolute Gasteiger partial charge is 0.306 e. The maximum Gasteiger partial charge on any atom is 0.159 e. The molecule has 0 saturated heterocycles. The number of benzene rings is 1. The Morgan fingerprint density at radius 2 is 2.08 bits per heavy atom. The van der Waals surface area contributed by atoms with Gasteiger partial charge in [-0.25, -0.2) is 18.4 Å². The van der Waals surface area contributed by atoms with Crippen LogP contribution in [0.25, 0.3) is 5.82 Å². The van der Waals surface area contributed by atoms with Crippen molar-refractivity contribution in [2.75, 3.05) is 0 Å². The number of aromatic nitrogens is 3. The normalized spacial score (nSPS) is 16.6. The first-order chi connectivity index (χ1) is 12.2. The van der Waals surface area contributed by atoms with Crippen LogP contribution in [-0.4, -0.2) is 14.8 Å². The maximum atomic E-state index is 13.4. The Bertz CT molecular complexity index is 876. The molecule has 1 unspecified atom stereocenters. The molecule has 0 amide bonds. The molecule has 1 aliphatic rings. The highest BCUT2D eigenvalue weighted by atomic mass is 19.2. The number of nitrogens with one attached hydrogen (secondary N) is 1. The summed E-state index contributed by atoms with van der Waals surface area (Å²) in [4.78, 5) is 4.37. The van der Waals surface area contributed by atoms with Gasteiger partial charge in [0.1, 0.15) is 0 Å². The fourth-order valence-corrected chi connectivity index (χ4v) is 3.34. The van der Waals surface area contributed by atoms with Gasteiger partial charge in [-0.15, -0.1) is 0 Å². The predicted molar refractivity (Wildman–Crippen MR) is 90.2 cm³/mol. The summed E-state index contributed by atoms with van der Waals surface area (Å²) < 4.78 is 28.3. The molecule has 0 saturated carbocycles. The van der Waals surface area contributed by atoms with E-state index in [1.54, 1.807) is 12.3 Å². The van der Waals surface area contributed by atoms with E-state index in [9.17, 15) is 8.78 Å². The van der Waals surface area contributed by atoms with Gasteiger partial charge in [0, 0.05) is 24.3 Å². The van der Waals surface area contributed by atoms with E-state index in [1.165, 1.54) is 6.07 Å². The number of hydrogen-bond acceptors (Lipinski definition) is 3. The fourth-order valence-electron chi connectivity index (χ4n) is 3.34. The number of fused-ring (bicyclic) bond motifs is 1. The third-order valence-corrected chi connectivity index (χ3v) is 4.59. The molecule has 1 atom stereocenters. The van der Waals surface area contributed by atoms with Crippen molar-refractivity contribution >= 4 is 0 Å². The average molecular weight is 340 g/mol. The van der Waals surface area contributed by atoms with Crippen molar-refractivity contribution in [2.45, 2.75) is 31.8 Å². The van der Waals surface area contributed by atoms with Crippen LogP contribution in [0.1, 0.15) is 35.7 Å². The van der Waals surface area contributed by atoms with E-state index >= 15 is 0 Å². The number of rotatable bonds is 4. The summed E-state index contributed by atoms with van der Waals surface area (Å²) in [5.41, 5.74) is 3.04. The van der Waals surface area contributed by atoms with Crippen molar-refractivity contribution in [1.82, 2.24) is 20.1 Å². The first-order valence-corrected chi connectivity index (χ1v) is 8.38. The Hall–Kier alpha value is -2.60. The molecule has 1 N–H and O–H groups in total.